The summed E-state index contributed by atoms with van der Waals surface area (Å²) in [5.74, 6) is -0.163. The summed E-state index contributed by atoms with van der Waals surface area (Å²) in [7, 11) is -3.78. The van der Waals surface area contributed by atoms with Crippen molar-refractivity contribution in [3.63, 3.8) is 0 Å². The lowest BCUT2D eigenvalue weighted by molar-refractivity contribution is -0.133. The summed E-state index contributed by atoms with van der Waals surface area (Å²) < 4.78 is 27.7. The molecule has 24 heavy (non-hydrogen) atoms. The highest BCUT2D eigenvalue weighted by atomic mass is 32.2. The zero-order valence-electron chi connectivity index (χ0n) is 14.8. The standard InChI is InChI=1S/C17H28N2O4S/c1-5-19(10-11-20)17(21)16(12-13(2)3)18-24(22,23)15-8-6-14(4)7-9-15/h6-9,13,16,18,20H,5,10-12H2,1-4H3. The lowest BCUT2D eigenvalue weighted by Crippen LogP contribution is -2.49. The van der Waals surface area contributed by atoms with E-state index in [4.69, 9.17) is 5.11 Å². The smallest absolute Gasteiger partial charge is 0.241 e. The summed E-state index contributed by atoms with van der Waals surface area (Å²) in [5, 5.41) is 9.08. The van der Waals surface area contributed by atoms with Gasteiger partial charge in [0.15, 0.2) is 0 Å². The van der Waals surface area contributed by atoms with Gasteiger partial charge in [0.1, 0.15) is 6.04 Å². The Morgan fingerprint density at radius 1 is 1.25 bits per heavy atom. The number of nitrogens with one attached hydrogen (secondary N) is 1. The summed E-state index contributed by atoms with van der Waals surface area (Å²) in [6.45, 7) is 8.00. The van der Waals surface area contributed by atoms with Gasteiger partial charge in [-0.2, -0.15) is 4.72 Å². The molecule has 1 unspecified atom stereocenters. The average molecular weight is 356 g/mol. The van der Waals surface area contributed by atoms with Crippen molar-refractivity contribution < 1.29 is 18.3 Å². The SMILES string of the molecule is CCN(CCO)C(=O)C(CC(C)C)NS(=O)(=O)c1ccc(C)cc1. The fourth-order valence-corrected chi connectivity index (χ4v) is 3.61. The van der Waals surface area contributed by atoms with Gasteiger partial charge < -0.3 is 10.0 Å². The van der Waals surface area contributed by atoms with Crippen LogP contribution in [-0.4, -0.2) is 50.1 Å². The van der Waals surface area contributed by atoms with Crippen molar-refractivity contribution >= 4 is 15.9 Å². The van der Waals surface area contributed by atoms with Crippen LogP contribution in [0.15, 0.2) is 29.2 Å². The lowest BCUT2D eigenvalue weighted by atomic mass is 10.0. The number of benzene rings is 1. The molecule has 0 aliphatic carbocycles. The molecule has 1 atom stereocenters. The van der Waals surface area contributed by atoms with Crippen molar-refractivity contribution in [2.24, 2.45) is 5.92 Å². The maximum Gasteiger partial charge on any atom is 0.241 e. The molecule has 0 spiro atoms. The van der Waals surface area contributed by atoms with Crippen LogP contribution in [0.1, 0.15) is 32.8 Å². The van der Waals surface area contributed by atoms with Crippen molar-refractivity contribution in [2.45, 2.75) is 45.1 Å². The molecule has 7 heteroatoms. The summed E-state index contributed by atoms with van der Waals surface area (Å²) in [6, 6.07) is 5.65. The van der Waals surface area contributed by atoms with Crippen molar-refractivity contribution in [3.8, 4) is 0 Å². The van der Waals surface area contributed by atoms with Crippen LogP contribution in [0, 0.1) is 12.8 Å². The van der Waals surface area contributed by atoms with E-state index in [9.17, 15) is 13.2 Å². The molecule has 0 heterocycles. The van der Waals surface area contributed by atoms with E-state index in [1.165, 1.54) is 17.0 Å². The summed E-state index contributed by atoms with van der Waals surface area (Å²) in [5.41, 5.74) is 0.962. The largest absolute Gasteiger partial charge is 0.395 e. The predicted octanol–water partition coefficient (Wildman–Crippen LogP) is 1.53. The quantitative estimate of drug-likeness (QED) is 0.702. The molecule has 0 fully saturated rings. The Kier molecular flexibility index (Phi) is 7.86. The van der Waals surface area contributed by atoms with E-state index in [1.807, 2.05) is 20.8 Å². The number of aliphatic hydroxyl groups is 1. The molecule has 0 radical (unpaired) electrons. The zero-order valence-corrected chi connectivity index (χ0v) is 15.6. The van der Waals surface area contributed by atoms with Crippen molar-refractivity contribution in [1.82, 2.24) is 9.62 Å². The fraction of sp³-hybridized carbons (Fsp3) is 0.588. The Labute approximate surface area is 144 Å². The molecule has 0 bridgehead atoms. The van der Waals surface area contributed by atoms with E-state index in [-0.39, 0.29) is 29.9 Å². The minimum absolute atomic E-state index is 0.139. The van der Waals surface area contributed by atoms with Gasteiger partial charge in [-0.1, -0.05) is 31.5 Å². The molecular formula is C17H28N2O4S. The first-order chi connectivity index (χ1) is 11.2. The highest BCUT2D eigenvalue weighted by molar-refractivity contribution is 7.89. The third kappa shape index (κ3) is 5.89. The molecule has 6 nitrogen and oxygen atoms in total. The van der Waals surface area contributed by atoms with E-state index in [0.717, 1.165) is 5.56 Å². The Bertz CT molecular complexity index is 626. The van der Waals surface area contributed by atoms with Crippen LogP contribution in [-0.2, 0) is 14.8 Å². The first-order valence-corrected chi connectivity index (χ1v) is 9.68. The van der Waals surface area contributed by atoms with Gasteiger partial charge in [-0.05, 0) is 38.3 Å². The molecule has 0 aliphatic rings. The number of likely N-dealkylation sites (N-methyl/N-ethyl adjacent to an activating group) is 1. The fourth-order valence-electron chi connectivity index (χ4n) is 2.41. The van der Waals surface area contributed by atoms with Crippen LogP contribution in [0.2, 0.25) is 0 Å². The van der Waals surface area contributed by atoms with E-state index < -0.39 is 16.1 Å². The van der Waals surface area contributed by atoms with Crippen LogP contribution < -0.4 is 4.72 Å². The molecule has 1 rings (SSSR count). The number of aryl methyl sites for hydroxylation is 1. The van der Waals surface area contributed by atoms with Gasteiger partial charge in [0.2, 0.25) is 15.9 Å². The van der Waals surface area contributed by atoms with Crippen LogP contribution in [0.5, 0.6) is 0 Å². The molecule has 2 N–H and O–H groups in total. The maximum absolute atomic E-state index is 12.7. The molecule has 0 saturated carbocycles. The summed E-state index contributed by atoms with van der Waals surface area (Å²) >= 11 is 0. The normalized spacial score (nSPS) is 13.1. The third-order valence-electron chi connectivity index (χ3n) is 3.70. The molecule has 1 aromatic carbocycles. The van der Waals surface area contributed by atoms with Gasteiger partial charge in [-0.3, -0.25) is 4.79 Å². The second-order valence-corrected chi connectivity index (χ2v) is 7.97. The number of amides is 1. The number of nitrogens with zero attached hydrogens (tertiary/aromatic N) is 1. The Morgan fingerprint density at radius 3 is 2.29 bits per heavy atom. The second kappa shape index (κ2) is 9.15. The second-order valence-electron chi connectivity index (χ2n) is 6.26. The van der Waals surface area contributed by atoms with E-state index in [1.54, 1.807) is 19.1 Å². The Hall–Kier alpha value is -1.44. The predicted molar refractivity (Wildman–Crippen MR) is 94.1 cm³/mol. The zero-order chi connectivity index (χ0) is 18.3. The molecule has 0 aliphatic heterocycles. The van der Waals surface area contributed by atoms with Crippen LogP contribution >= 0.6 is 0 Å². The molecule has 0 saturated heterocycles. The Balaban J connectivity index is 3.04. The highest BCUT2D eigenvalue weighted by Crippen LogP contribution is 2.14. The first kappa shape index (κ1) is 20.6. The van der Waals surface area contributed by atoms with Crippen molar-refractivity contribution in [3.05, 3.63) is 29.8 Å². The Morgan fingerprint density at radius 2 is 1.83 bits per heavy atom. The number of rotatable bonds is 9. The van der Waals surface area contributed by atoms with E-state index in [0.29, 0.717) is 13.0 Å². The molecule has 1 aromatic rings. The number of carbonyl (C=O) groups is 1. The van der Waals surface area contributed by atoms with Crippen molar-refractivity contribution in [2.75, 3.05) is 19.7 Å². The molecule has 136 valence electrons. The number of sulfonamides is 1. The first-order valence-electron chi connectivity index (χ1n) is 8.20. The number of aliphatic hydroxyl groups excluding tert-OH is 1. The number of carbonyl (C=O) groups excluding carboxylic acids is 1. The van der Waals surface area contributed by atoms with E-state index >= 15 is 0 Å². The summed E-state index contributed by atoms with van der Waals surface area (Å²) in [6.07, 6.45) is 0.395. The number of hydrogen-bond acceptors (Lipinski definition) is 4. The average Bonchev–Trinajstić information content (AvgIpc) is 2.51. The van der Waals surface area contributed by atoms with Gasteiger partial charge in [0, 0.05) is 13.1 Å². The van der Waals surface area contributed by atoms with Crippen LogP contribution in [0.4, 0.5) is 0 Å². The summed E-state index contributed by atoms with van der Waals surface area (Å²) in [4.78, 5) is 14.3. The molecule has 0 aromatic heterocycles. The van der Waals surface area contributed by atoms with Gasteiger partial charge >= 0.3 is 0 Å². The van der Waals surface area contributed by atoms with Crippen LogP contribution in [0.3, 0.4) is 0 Å². The van der Waals surface area contributed by atoms with Gasteiger partial charge in [0.05, 0.1) is 11.5 Å². The van der Waals surface area contributed by atoms with Gasteiger partial charge in [-0.15, -0.1) is 0 Å². The molecular weight excluding hydrogens is 328 g/mol. The highest BCUT2D eigenvalue weighted by Gasteiger charge is 2.29. The van der Waals surface area contributed by atoms with Gasteiger partial charge in [0.25, 0.3) is 0 Å². The monoisotopic (exact) mass is 356 g/mol. The van der Waals surface area contributed by atoms with Crippen LogP contribution in [0.25, 0.3) is 0 Å². The minimum atomic E-state index is -3.78. The maximum atomic E-state index is 12.7. The topological polar surface area (TPSA) is 86.7 Å². The van der Waals surface area contributed by atoms with E-state index in [2.05, 4.69) is 4.72 Å². The number of hydrogen-bond donors (Lipinski definition) is 2. The lowest BCUT2D eigenvalue weighted by Gasteiger charge is -2.27. The minimum Gasteiger partial charge on any atom is -0.395 e. The van der Waals surface area contributed by atoms with Crippen molar-refractivity contribution in [1.29, 1.82) is 0 Å². The molecule has 1 amide bonds. The van der Waals surface area contributed by atoms with Gasteiger partial charge in [-0.25, -0.2) is 8.42 Å². The third-order valence-corrected chi connectivity index (χ3v) is 5.18.